The van der Waals surface area contributed by atoms with Crippen molar-refractivity contribution in [2.75, 3.05) is 5.43 Å². The van der Waals surface area contributed by atoms with Crippen LogP contribution < -0.4 is 10.9 Å². The smallest absolute Gasteiger partial charge is 0.269 e. The quantitative estimate of drug-likeness (QED) is 0.809. The van der Waals surface area contributed by atoms with Crippen LogP contribution in [0.2, 0.25) is 0 Å². The Hall–Kier alpha value is -2.29. The van der Waals surface area contributed by atoms with E-state index in [-0.39, 0.29) is 5.91 Å². The van der Waals surface area contributed by atoms with Crippen LogP contribution in [0.3, 0.4) is 0 Å². The van der Waals surface area contributed by atoms with Crippen molar-refractivity contribution < 1.29 is 4.79 Å². The van der Waals surface area contributed by atoms with Crippen molar-refractivity contribution in [1.82, 2.24) is 5.43 Å². The van der Waals surface area contributed by atoms with E-state index < -0.39 is 0 Å². The topological polar surface area (TPSA) is 41.1 Å². The highest BCUT2D eigenvalue weighted by Gasteiger charge is 2.05. The summed E-state index contributed by atoms with van der Waals surface area (Å²) in [6.45, 7) is 3.96. The second-order valence-corrected chi connectivity index (χ2v) is 4.32. The molecule has 1 amide bonds. The Labute approximate surface area is 107 Å². The van der Waals surface area contributed by atoms with E-state index in [9.17, 15) is 4.79 Å². The molecule has 0 aliphatic carbocycles. The van der Waals surface area contributed by atoms with Gasteiger partial charge in [0.1, 0.15) is 0 Å². The van der Waals surface area contributed by atoms with Crippen LogP contribution in [0.5, 0.6) is 0 Å². The van der Waals surface area contributed by atoms with E-state index in [4.69, 9.17) is 0 Å². The number of amides is 1. The van der Waals surface area contributed by atoms with Gasteiger partial charge in [-0.05, 0) is 38.1 Å². The Morgan fingerprint density at radius 2 is 1.56 bits per heavy atom. The molecule has 2 N–H and O–H groups in total. The standard InChI is InChI=1S/C15H16N2O/c1-11-8-12(2)10-13(9-11)15(18)17-16-14-6-4-3-5-7-14/h3-10,16H,1-2H3,(H,17,18). The van der Waals surface area contributed by atoms with Crippen LogP contribution in [0.25, 0.3) is 0 Å². The maximum Gasteiger partial charge on any atom is 0.269 e. The number of aryl methyl sites for hydroxylation is 2. The van der Waals surface area contributed by atoms with E-state index in [1.54, 1.807) is 0 Å². The van der Waals surface area contributed by atoms with Crippen LogP contribution in [-0.2, 0) is 0 Å². The first-order valence-electron chi connectivity index (χ1n) is 5.85. The molecule has 3 nitrogen and oxygen atoms in total. The third-order valence-electron chi connectivity index (χ3n) is 2.58. The van der Waals surface area contributed by atoms with Crippen LogP contribution in [0, 0.1) is 13.8 Å². The monoisotopic (exact) mass is 240 g/mol. The fourth-order valence-electron chi connectivity index (χ4n) is 1.83. The summed E-state index contributed by atoms with van der Waals surface area (Å²) in [7, 11) is 0. The van der Waals surface area contributed by atoms with Gasteiger partial charge in [-0.15, -0.1) is 0 Å². The molecule has 18 heavy (non-hydrogen) atoms. The largest absolute Gasteiger partial charge is 0.298 e. The van der Waals surface area contributed by atoms with Gasteiger partial charge in [-0.3, -0.25) is 15.6 Å². The summed E-state index contributed by atoms with van der Waals surface area (Å²) in [5.41, 5.74) is 9.25. The number of nitrogens with one attached hydrogen (secondary N) is 2. The minimum Gasteiger partial charge on any atom is -0.298 e. The number of hydrogen-bond donors (Lipinski definition) is 2. The lowest BCUT2D eigenvalue weighted by Gasteiger charge is -2.09. The predicted octanol–water partition coefficient (Wildman–Crippen LogP) is 3.06. The number of carbonyl (C=O) groups is 1. The molecule has 0 aliphatic heterocycles. The van der Waals surface area contributed by atoms with E-state index in [0.29, 0.717) is 5.56 Å². The van der Waals surface area contributed by atoms with Gasteiger partial charge in [0, 0.05) is 5.56 Å². The summed E-state index contributed by atoms with van der Waals surface area (Å²) in [6, 6.07) is 15.3. The molecule has 0 unspecified atom stereocenters. The van der Waals surface area contributed by atoms with Crippen LogP contribution >= 0.6 is 0 Å². The second-order valence-electron chi connectivity index (χ2n) is 4.32. The average Bonchev–Trinajstić information content (AvgIpc) is 2.36. The summed E-state index contributed by atoms with van der Waals surface area (Å²) in [6.07, 6.45) is 0. The summed E-state index contributed by atoms with van der Waals surface area (Å²) < 4.78 is 0. The normalized spacial score (nSPS) is 9.89. The van der Waals surface area contributed by atoms with Gasteiger partial charge < -0.3 is 0 Å². The van der Waals surface area contributed by atoms with Crippen molar-refractivity contribution >= 4 is 11.6 Å². The molecule has 92 valence electrons. The van der Waals surface area contributed by atoms with Crippen LogP contribution in [0.4, 0.5) is 5.69 Å². The fraction of sp³-hybridized carbons (Fsp3) is 0.133. The molecule has 0 aromatic heterocycles. The highest BCUT2D eigenvalue weighted by molar-refractivity contribution is 5.95. The Kier molecular flexibility index (Phi) is 3.63. The Bertz CT molecular complexity index is 529. The van der Waals surface area contributed by atoms with Crippen molar-refractivity contribution in [2.24, 2.45) is 0 Å². The number of hydrazine groups is 1. The van der Waals surface area contributed by atoms with Gasteiger partial charge in [0.25, 0.3) is 5.91 Å². The van der Waals surface area contributed by atoms with Crippen LogP contribution in [0.15, 0.2) is 48.5 Å². The molecular weight excluding hydrogens is 224 g/mol. The summed E-state index contributed by atoms with van der Waals surface area (Å²) in [5, 5.41) is 0. The molecule has 0 spiro atoms. The maximum absolute atomic E-state index is 11.9. The van der Waals surface area contributed by atoms with Crippen molar-refractivity contribution in [3.63, 3.8) is 0 Å². The van der Waals surface area contributed by atoms with E-state index in [0.717, 1.165) is 16.8 Å². The van der Waals surface area contributed by atoms with Gasteiger partial charge in [-0.2, -0.15) is 0 Å². The highest BCUT2D eigenvalue weighted by Crippen LogP contribution is 2.09. The molecule has 2 aromatic rings. The molecule has 0 aliphatic rings. The Morgan fingerprint density at radius 1 is 0.944 bits per heavy atom. The zero-order valence-electron chi connectivity index (χ0n) is 10.5. The molecule has 0 bridgehead atoms. The SMILES string of the molecule is Cc1cc(C)cc(C(=O)NNc2ccccc2)c1. The zero-order valence-corrected chi connectivity index (χ0v) is 10.5. The molecule has 0 saturated carbocycles. The fourth-order valence-corrected chi connectivity index (χ4v) is 1.83. The van der Waals surface area contributed by atoms with E-state index in [1.807, 2.05) is 62.4 Å². The van der Waals surface area contributed by atoms with Crippen molar-refractivity contribution in [1.29, 1.82) is 0 Å². The second kappa shape index (κ2) is 5.36. The van der Waals surface area contributed by atoms with Gasteiger partial charge in [0.15, 0.2) is 0 Å². The van der Waals surface area contributed by atoms with Crippen LogP contribution in [-0.4, -0.2) is 5.91 Å². The molecule has 2 aromatic carbocycles. The minimum atomic E-state index is -0.134. The first-order chi connectivity index (χ1) is 8.65. The van der Waals surface area contributed by atoms with E-state index in [2.05, 4.69) is 10.9 Å². The van der Waals surface area contributed by atoms with Gasteiger partial charge in [-0.1, -0.05) is 35.4 Å². The molecule has 0 radical (unpaired) electrons. The van der Waals surface area contributed by atoms with Crippen molar-refractivity contribution in [3.05, 3.63) is 65.2 Å². The lowest BCUT2D eigenvalue weighted by atomic mass is 10.1. The van der Waals surface area contributed by atoms with Gasteiger partial charge in [-0.25, -0.2) is 0 Å². The number of rotatable bonds is 3. The number of benzene rings is 2. The molecule has 0 saturated heterocycles. The Balaban J connectivity index is 2.04. The molecule has 0 atom stereocenters. The van der Waals surface area contributed by atoms with Crippen LogP contribution in [0.1, 0.15) is 21.5 Å². The highest BCUT2D eigenvalue weighted by atomic mass is 16.2. The van der Waals surface area contributed by atoms with Gasteiger partial charge >= 0.3 is 0 Å². The number of para-hydroxylation sites is 1. The maximum atomic E-state index is 11.9. The number of anilines is 1. The number of carbonyl (C=O) groups excluding carboxylic acids is 1. The van der Waals surface area contributed by atoms with E-state index >= 15 is 0 Å². The molecule has 0 fully saturated rings. The lowest BCUT2D eigenvalue weighted by molar-refractivity contribution is 0.0962. The lowest BCUT2D eigenvalue weighted by Crippen LogP contribution is -2.29. The minimum absolute atomic E-state index is 0.134. The summed E-state index contributed by atoms with van der Waals surface area (Å²) >= 11 is 0. The summed E-state index contributed by atoms with van der Waals surface area (Å²) in [4.78, 5) is 11.9. The Morgan fingerprint density at radius 3 is 2.17 bits per heavy atom. The van der Waals surface area contributed by atoms with E-state index in [1.165, 1.54) is 0 Å². The average molecular weight is 240 g/mol. The third kappa shape index (κ3) is 3.10. The molecule has 2 rings (SSSR count). The molecule has 3 heteroatoms. The van der Waals surface area contributed by atoms with Crippen molar-refractivity contribution in [3.8, 4) is 0 Å². The van der Waals surface area contributed by atoms with Gasteiger partial charge in [0.2, 0.25) is 0 Å². The molecule has 0 heterocycles. The first-order valence-corrected chi connectivity index (χ1v) is 5.85. The first kappa shape index (κ1) is 12.2. The number of hydrogen-bond acceptors (Lipinski definition) is 2. The van der Waals surface area contributed by atoms with Crippen molar-refractivity contribution in [2.45, 2.75) is 13.8 Å². The predicted molar refractivity (Wildman–Crippen MR) is 73.4 cm³/mol. The zero-order chi connectivity index (χ0) is 13.0. The summed E-state index contributed by atoms with van der Waals surface area (Å²) in [5.74, 6) is -0.134. The van der Waals surface area contributed by atoms with Gasteiger partial charge in [0.05, 0.1) is 5.69 Å². The molecular formula is C15H16N2O. The third-order valence-corrected chi connectivity index (χ3v) is 2.58.